The summed E-state index contributed by atoms with van der Waals surface area (Å²) >= 11 is 0. The minimum atomic E-state index is -0.286. The van der Waals surface area contributed by atoms with Crippen molar-refractivity contribution in [2.24, 2.45) is 0 Å². The smallest absolute Gasteiger partial charge is 0.160 e. The quantitative estimate of drug-likeness (QED) is 0.745. The molecule has 2 rings (SSSR count). The number of halogens is 1. The molecule has 2 aromatic carbocycles. The number of ketones is 1. The average molecular weight is 240 g/mol. The van der Waals surface area contributed by atoms with Crippen LogP contribution in [-0.4, -0.2) is 5.78 Å². The fourth-order valence-corrected chi connectivity index (χ4v) is 1.62. The summed E-state index contributed by atoms with van der Waals surface area (Å²) in [5.74, 6) is -0.281. The van der Waals surface area contributed by atoms with Gasteiger partial charge in [-0.05, 0) is 29.3 Å². The van der Waals surface area contributed by atoms with Crippen LogP contribution in [0.1, 0.15) is 11.1 Å². The van der Waals surface area contributed by atoms with Gasteiger partial charge in [0.25, 0.3) is 0 Å². The monoisotopic (exact) mass is 240 g/mol. The number of hydrogen-bond donors (Lipinski definition) is 0. The Bertz CT molecular complexity index is 541. The molecule has 0 radical (unpaired) electrons. The summed E-state index contributed by atoms with van der Waals surface area (Å²) in [6.45, 7) is 0. The molecule has 0 bridgehead atoms. The van der Waals surface area contributed by atoms with Crippen LogP contribution in [-0.2, 0) is 11.2 Å². The highest BCUT2D eigenvalue weighted by atomic mass is 19.1. The third kappa shape index (κ3) is 3.67. The molecule has 0 aliphatic carbocycles. The normalized spacial score (nSPS) is 10.7. The second-order valence-electron chi connectivity index (χ2n) is 4.01. The first kappa shape index (κ1) is 12.2. The number of rotatable bonds is 4. The third-order valence-corrected chi connectivity index (χ3v) is 2.55. The lowest BCUT2D eigenvalue weighted by Gasteiger charge is -1.97. The Balaban J connectivity index is 1.97. The molecule has 0 saturated carbocycles. The molecule has 0 spiro atoms. The van der Waals surface area contributed by atoms with Crippen molar-refractivity contribution in [1.82, 2.24) is 0 Å². The molecule has 0 heterocycles. The molecule has 90 valence electrons. The van der Waals surface area contributed by atoms with Crippen LogP contribution in [0.15, 0.2) is 60.7 Å². The van der Waals surface area contributed by atoms with E-state index < -0.39 is 0 Å². The zero-order valence-corrected chi connectivity index (χ0v) is 9.84. The van der Waals surface area contributed by atoms with E-state index in [2.05, 4.69) is 0 Å². The Kier molecular flexibility index (Phi) is 4.02. The molecule has 2 aromatic rings. The van der Waals surface area contributed by atoms with Gasteiger partial charge in [0.05, 0.1) is 0 Å². The summed E-state index contributed by atoms with van der Waals surface area (Å²) < 4.78 is 12.7. The van der Waals surface area contributed by atoms with Gasteiger partial charge < -0.3 is 0 Å². The summed E-state index contributed by atoms with van der Waals surface area (Å²) in [6.07, 6.45) is 3.63. The minimum Gasteiger partial charge on any atom is -0.294 e. The van der Waals surface area contributed by atoms with E-state index in [-0.39, 0.29) is 11.6 Å². The van der Waals surface area contributed by atoms with Crippen LogP contribution in [0.2, 0.25) is 0 Å². The lowest BCUT2D eigenvalue weighted by atomic mass is 10.1. The maximum atomic E-state index is 12.7. The first-order valence-corrected chi connectivity index (χ1v) is 5.74. The summed E-state index contributed by atoms with van der Waals surface area (Å²) in [5.41, 5.74) is 1.81. The lowest BCUT2D eigenvalue weighted by Crippen LogP contribution is -1.98. The molecule has 0 amide bonds. The van der Waals surface area contributed by atoms with Gasteiger partial charge in [0, 0.05) is 6.42 Å². The first-order chi connectivity index (χ1) is 8.74. The summed E-state index contributed by atoms with van der Waals surface area (Å²) in [7, 11) is 0. The topological polar surface area (TPSA) is 17.1 Å². The van der Waals surface area contributed by atoms with Crippen LogP contribution < -0.4 is 0 Å². The van der Waals surface area contributed by atoms with E-state index in [1.54, 1.807) is 24.3 Å². The van der Waals surface area contributed by atoms with Gasteiger partial charge >= 0.3 is 0 Å². The van der Waals surface area contributed by atoms with E-state index in [0.717, 1.165) is 11.1 Å². The summed E-state index contributed by atoms with van der Waals surface area (Å²) in [6, 6.07) is 15.6. The molecule has 0 atom stereocenters. The average Bonchev–Trinajstić information content (AvgIpc) is 2.40. The number of benzene rings is 2. The van der Waals surface area contributed by atoms with Crippen LogP contribution in [0.5, 0.6) is 0 Å². The van der Waals surface area contributed by atoms with Gasteiger partial charge in [-0.2, -0.15) is 0 Å². The van der Waals surface area contributed by atoms with Crippen molar-refractivity contribution in [3.63, 3.8) is 0 Å². The van der Waals surface area contributed by atoms with Crippen LogP contribution in [0.3, 0.4) is 0 Å². The SMILES string of the molecule is O=C(/C=C/c1ccccc1)Cc1ccc(F)cc1. The number of carbonyl (C=O) groups excluding carboxylic acids is 1. The molecule has 0 fully saturated rings. The molecule has 0 N–H and O–H groups in total. The zero-order chi connectivity index (χ0) is 12.8. The minimum absolute atomic E-state index is 0.00506. The van der Waals surface area contributed by atoms with Gasteiger partial charge in [-0.25, -0.2) is 4.39 Å². The standard InChI is InChI=1S/C16H13FO/c17-15-9-6-14(7-10-15)12-16(18)11-8-13-4-2-1-3-5-13/h1-11H,12H2/b11-8+. The van der Waals surface area contributed by atoms with E-state index in [9.17, 15) is 9.18 Å². The molecule has 2 heteroatoms. The highest BCUT2D eigenvalue weighted by molar-refractivity contribution is 5.95. The van der Waals surface area contributed by atoms with Gasteiger partial charge in [-0.3, -0.25) is 4.79 Å². The predicted octanol–water partition coefficient (Wildman–Crippen LogP) is 3.65. The predicted molar refractivity (Wildman–Crippen MR) is 70.6 cm³/mol. The van der Waals surface area contributed by atoms with Crippen molar-refractivity contribution in [2.75, 3.05) is 0 Å². The van der Waals surface area contributed by atoms with Crippen molar-refractivity contribution >= 4 is 11.9 Å². The van der Waals surface area contributed by atoms with Gasteiger partial charge in [0.1, 0.15) is 5.82 Å². The van der Waals surface area contributed by atoms with E-state index in [0.29, 0.717) is 6.42 Å². The van der Waals surface area contributed by atoms with Crippen LogP contribution >= 0.6 is 0 Å². The van der Waals surface area contributed by atoms with Crippen LogP contribution in [0, 0.1) is 5.82 Å². The van der Waals surface area contributed by atoms with Gasteiger partial charge in [-0.1, -0.05) is 48.5 Å². The Morgan fingerprint density at radius 2 is 1.67 bits per heavy atom. The van der Waals surface area contributed by atoms with Crippen molar-refractivity contribution in [2.45, 2.75) is 6.42 Å². The second-order valence-corrected chi connectivity index (χ2v) is 4.01. The molecule has 0 aromatic heterocycles. The maximum absolute atomic E-state index is 12.7. The number of allylic oxidation sites excluding steroid dienone is 1. The van der Waals surface area contributed by atoms with Crippen LogP contribution in [0.25, 0.3) is 6.08 Å². The fraction of sp³-hybridized carbons (Fsp3) is 0.0625. The fourth-order valence-electron chi connectivity index (χ4n) is 1.62. The van der Waals surface area contributed by atoms with E-state index >= 15 is 0 Å². The number of carbonyl (C=O) groups is 1. The van der Waals surface area contributed by atoms with E-state index in [4.69, 9.17) is 0 Å². The van der Waals surface area contributed by atoms with Gasteiger partial charge in [-0.15, -0.1) is 0 Å². The van der Waals surface area contributed by atoms with Crippen molar-refractivity contribution in [3.8, 4) is 0 Å². The van der Waals surface area contributed by atoms with Gasteiger partial charge in [0.2, 0.25) is 0 Å². The molecular weight excluding hydrogens is 227 g/mol. The Labute approximate surface area is 106 Å². The van der Waals surface area contributed by atoms with Gasteiger partial charge in [0.15, 0.2) is 5.78 Å². The Morgan fingerprint density at radius 3 is 2.33 bits per heavy atom. The third-order valence-electron chi connectivity index (χ3n) is 2.55. The maximum Gasteiger partial charge on any atom is 0.160 e. The van der Waals surface area contributed by atoms with E-state index in [1.165, 1.54) is 12.1 Å². The molecule has 1 nitrogen and oxygen atoms in total. The van der Waals surface area contributed by atoms with Crippen molar-refractivity contribution in [1.29, 1.82) is 0 Å². The van der Waals surface area contributed by atoms with Crippen molar-refractivity contribution < 1.29 is 9.18 Å². The number of hydrogen-bond acceptors (Lipinski definition) is 1. The Morgan fingerprint density at radius 1 is 1.00 bits per heavy atom. The van der Waals surface area contributed by atoms with E-state index in [1.807, 2.05) is 30.3 Å². The summed E-state index contributed by atoms with van der Waals surface area (Å²) in [5, 5.41) is 0. The molecule has 18 heavy (non-hydrogen) atoms. The highest BCUT2D eigenvalue weighted by Crippen LogP contribution is 2.06. The molecule has 0 unspecified atom stereocenters. The lowest BCUT2D eigenvalue weighted by molar-refractivity contribution is -0.113. The Hall–Kier alpha value is -2.22. The van der Waals surface area contributed by atoms with Crippen molar-refractivity contribution in [3.05, 3.63) is 77.6 Å². The summed E-state index contributed by atoms with van der Waals surface area (Å²) in [4.78, 5) is 11.7. The highest BCUT2D eigenvalue weighted by Gasteiger charge is 2.00. The second kappa shape index (κ2) is 5.92. The molecular formula is C16H13FO. The largest absolute Gasteiger partial charge is 0.294 e. The zero-order valence-electron chi connectivity index (χ0n) is 9.84. The molecule has 0 aliphatic heterocycles. The molecule has 0 aliphatic rings. The molecule has 0 saturated heterocycles. The first-order valence-electron chi connectivity index (χ1n) is 5.74. The van der Waals surface area contributed by atoms with Crippen LogP contribution in [0.4, 0.5) is 4.39 Å².